The second-order valence-electron chi connectivity index (χ2n) is 4.69. The summed E-state index contributed by atoms with van der Waals surface area (Å²) in [6.07, 6.45) is -0.0292. The zero-order chi connectivity index (χ0) is 14.9. The molecule has 0 aliphatic heterocycles. The van der Waals surface area contributed by atoms with Crippen molar-refractivity contribution in [3.05, 3.63) is 28.5 Å². The number of ether oxygens (including phenoxy) is 2. The molecule has 0 saturated carbocycles. The minimum absolute atomic E-state index is 0.0292. The first-order valence-electron chi connectivity index (χ1n) is 6.51. The van der Waals surface area contributed by atoms with Crippen LogP contribution in [0.1, 0.15) is 36.9 Å². The summed E-state index contributed by atoms with van der Waals surface area (Å²) < 4.78 is 16.3. The molecule has 0 spiro atoms. The maximum absolute atomic E-state index is 11.9. The lowest BCUT2D eigenvalue weighted by Gasteiger charge is -2.12. The highest BCUT2D eigenvalue weighted by Gasteiger charge is 2.23. The lowest BCUT2D eigenvalue weighted by Crippen LogP contribution is -2.07. The molecule has 0 atom stereocenters. The van der Waals surface area contributed by atoms with Crippen LogP contribution in [0.3, 0.4) is 0 Å². The first kappa shape index (κ1) is 14.7. The lowest BCUT2D eigenvalue weighted by atomic mass is 10.1. The van der Waals surface area contributed by atoms with Crippen molar-refractivity contribution in [2.24, 2.45) is 0 Å². The van der Waals surface area contributed by atoms with Crippen LogP contribution in [0.4, 0.5) is 0 Å². The zero-order valence-corrected chi connectivity index (χ0v) is 12.7. The molecule has 0 aliphatic rings. The van der Waals surface area contributed by atoms with Gasteiger partial charge in [-0.1, -0.05) is 11.6 Å². The van der Waals surface area contributed by atoms with Gasteiger partial charge in [0.15, 0.2) is 0 Å². The van der Waals surface area contributed by atoms with Crippen LogP contribution in [0.15, 0.2) is 16.5 Å². The Bertz CT molecular complexity index is 643. The van der Waals surface area contributed by atoms with Gasteiger partial charge in [-0.05, 0) is 39.8 Å². The van der Waals surface area contributed by atoms with E-state index in [0.717, 1.165) is 0 Å². The predicted molar refractivity (Wildman–Crippen MR) is 77.7 cm³/mol. The lowest BCUT2D eigenvalue weighted by molar-refractivity contribution is 0.0491. The molecular formula is C15H17ClO4. The SMILES string of the molecule is CCOC(=O)c1oc2ccc(Cl)c(OC(C)C)c2c1C. The molecule has 0 unspecified atom stereocenters. The van der Waals surface area contributed by atoms with Gasteiger partial charge in [-0.2, -0.15) is 0 Å². The first-order valence-corrected chi connectivity index (χ1v) is 6.88. The molecule has 1 aromatic heterocycles. The molecule has 2 aromatic rings. The highest BCUT2D eigenvalue weighted by molar-refractivity contribution is 6.33. The van der Waals surface area contributed by atoms with E-state index in [1.54, 1.807) is 26.0 Å². The molecule has 1 aromatic carbocycles. The van der Waals surface area contributed by atoms with E-state index >= 15 is 0 Å². The third-order valence-electron chi connectivity index (χ3n) is 2.81. The molecule has 108 valence electrons. The van der Waals surface area contributed by atoms with Gasteiger partial charge < -0.3 is 13.9 Å². The molecule has 5 heteroatoms. The Morgan fingerprint density at radius 3 is 2.70 bits per heavy atom. The summed E-state index contributed by atoms with van der Waals surface area (Å²) in [4.78, 5) is 11.9. The van der Waals surface area contributed by atoms with Crippen LogP contribution in [0.25, 0.3) is 11.0 Å². The number of benzene rings is 1. The Morgan fingerprint density at radius 1 is 1.40 bits per heavy atom. The van der Waals surface area contributed by atoms with Gasteiger partial charge in [0.25, 0.3) is 0 Å². The summed E-state index contributed by atoms with van der Waals surface area (Å²) in [6, 6.07) is 3.42. The average Bonchev–Trinajstić information content (AvgIpc) is 2.71. The van der Waals surface area contributed by atoms with E-state index in [4.69, 9.17) is 25.5 Å². The van der Waals surface area contributed by atoms with E-state index in [2.05, 4.69) is 0 Å². The number of rotatable bonds is 4. The van der Waals surface area contributed by atoms with Gasteiger partial charge in [0, 0.05) is 5.56 Å². The Morgan fingerprint density at radius 2 is 2.10 bits per heavy atom. The van der Waals surface area contributed by atoms with Crippen LogP contribution in [0.5, 0.6) is 5.75 Å². The number of fused-ring (bicyclic) bond motifs is 1. The van der Waals surface area contributed by atoms with E-state index in [-0.39, 0.29) is 11.9 Å². The highest BCUT2D eigenvalue weighted by Crippen LogP contribution is 2.39. The molecule has 0 saturated heterocycles. The van der Waals surface area contributed by atoms with Gasteiger partial charge in [-0.15, -0.1) is 0 Å². The van der Waals surface area contributed by atoms with Crippen LogP contribution in [-0.4, -0.2) is 18.7 Å². The summed E-state index contributed by atoms with van der Waals surface area (Å²) in [6.45, 7) is 7.67. The van der Waals surface area contributed by atoms with Crippen molar-refractivity contribution < 1.29 is 18.7 Å². The van der Waals surface area contributed by atoms with E-state index in [9.17, 15) is 4.79 Å². The van der Waals surface area contributed by atoms with Crippen molar-refractivity contribution >= 4 is 28.5 Å². The molecule has 0 bridgehead atoms. The fourth-order valence-electron chi connectivity index (χ4n) is 2.02. The second-order valence-corrected chi connectivity index (χ2v) is 5.10. The number of aryl methyl sites for hydroxylation is 1. The monoisotopic (exact) mass is 296 g/mol. The van der Waals surface area contributed by atoms with Gasteiger partial charge in [-0.3, -0.25) is 0 Å². The standard InChI is InChI=1S/C15H17ClO4/c1-5-18-15(17)13-9(4)12-11(20-13)7-6-10(16)14(12)19-8(2)3/h6-8H,5H2,1-4H3. The Hall–Kier alpha value is -1.68. The van der Waals surface area contributed by atoms with Crippen LogP contribution >= 0.6 is 11.6 Å². The minimum atomic E-state index is -0.479. The van der Waals surface area contributed by atoms with Gasteiger partial charge >= 0.3 is 5.97 Å². The quantitative estimate of drug-likeness (QED) is 0.787. The summed E-state index contributed by atoms with van der Waals surface area (Å²) in [5.74, 6) is 0.251. The van der Waals surface area contributed by atoms with Gasteiger partial charge in [0.05, 0.1) is 23.1 Å². The number of hydrogen-bond acceptors (Lipinski definition) is 4. The fourth-order valence-corrected chi connectivity index (χ4v) is 2.22. The van der Waals surface area contributed by atoms with Crippen molar-refractivity contribution in [1.82, 2.24) is 0 Å². The van der Waals surface area contributed by atoms with Crippen LogP contribution in [0.2, 0.25) is 5.02 Å². The van der Waals surface area contributed by atoms with E-state index < -0.39 is 5.97 Å². The molecule has 0 aliphatic carbocycles. The Labute approximate surface area is 122 Å². The maximum Gasteiger partial charge on any atom is 0.374 e. The van der Waals surface area contributed by atoms with Crippen molar-refractivity contribution in [2.45, 2.75) is 33.8 Å². The number of furan rings is 1. The minimum Gasteiger partial charge on any atom is -0.489 e. The van der Waals surface area contributed by atoms with Crippen molar-refractivity contribution in [1.29, 1.82) is 0 Å². The Balaban J connectivity index is 2.62. The van der Waals surface area contributed by atoms with Crippen LogP contribution in [-0.2, 0) is 4.74 Å². The summed E-state index contributed by atoms with van der Waals surface area (Å²) in [5.41, 5.74) is 1.24. The fraction of sp³-hybridized carbons (Fsp3) is 0.400. The first-order chi connectivity index (χ1) is 9.45. The third kappa shape index (κ3) is 2.61. The van der Waals surface area contributed by atoms with E-state index in [1.807, 2.05) is 13.8 Å². The predicted octanol–water partition coefficient (Wildman–Crippen LogP) is 4.36. The van der Waals surface area contributed by atoms with Gasteiger partial charge in [-0.25, -0.2) is 4.79 Å². The van der Waals surface area contributed by atoms with Gasteiger partial charge in [0.1, 0.15) is 11.3 Å². The maximum atomic E-state index is 11.9. The molecule has 0 amide bonds. The number of hydrogen-bond donors (Lipinski definition) is 0. The second kappa shape index (κ2) is 5.75. The number of carbonyl (C=O) groups excluding carboxylic acids is 1. The highest BCUT2D eigenvalue weighted by atomic mass is 35.5. The molecule has 1 heterocycles. The Kier molecular flexibility index (Phi) is 4.23. The van der Waals surface area contributed by atoms with E-state index in [1.165, 1.54) is 0 Å². The van der Waals surface area contributed by atoms with Crippen molar-refractivity contribution in [2.75, 3.05) is 6.61 Å². The summed E-state index contributed by atoms with van der Waals surface area (Å²) in [7, 11) is 0. The molecule has 4 nitrogen and oxygen atoms in total. The third-order valence-corrected chi connectivity index (χ3v) is 3.11. The van der Waals surface area contributed by atoms with Crippen LogP contribution < -0.4 is 4.74 Å². The topological polar surface area (TPSA) is 48.7 Å². The normalized spacial score (nSPS) is 11.1. The molecule has 0 N–H and O–H groups in total. The van der Waals surface area contributed by atoms with Crippen molar-refractivity contribution in [3.63, 3.8) is 0 Å². The smallest absolute Gasteiger partial charge is 0.374 e. The zero-order valence-electron chi connectivity index (χ0n) is 12.0. The van der Waals surface area contributed by atoms with Gasteiger partial charge in [0.2, 0.25) is 5.76 Å². The average molecular weight is 297 g/mol. The number of halogens is 1. The number of esters is 1. The number of carbonyl (C=O) groups is 1. The molecular weight excluding hydrogens is 280 g/mol. The molecule has 0 fully saturated rings. The molecule has 20 heavy (non-hydrogen) atoms. The largest absolute Gasteiger partial charge is 0.489 e. The molecule has 0 radical (unpaired) electrons. The van der Waals surface area contributed by atoms with Crippen molar-refractivity contribution in [3.8, 4) is 5.75 Å². The van der Waals surface area contributed by atoms with E-state index in [0.29, 0.717) is 33.9 Å². The van der Waals surface area contributed by atoms with Crippen LogP contribution in [0, 0.1) is 6.92 Å². The molecule has 2 rings (SSSR count). The summed E-state index contributed by atoms with van der Waals surface area (Å²) in [5, 5.41) is 1.21. The summed E-state index contributed by atoms with van der Waals surface area (Å²) >= 11 is 6.19.